The molecule has 0 aliphatic heterocycles. The number of benzene rings is 2. The van der Waals surface area contributed by atoms with Crippen molar-refractivity contribution >= 4 is 29.5 Å². The van der Waals surface area contributed by atoms with Crippen molar-refractivity contribution in [3.8, 4) is 11.5 Å². The molecule has 0 aliphatic rings. The molecule has 0 saturated carbocycles. The Morgan fingerprint density at radius 2 is 0.757 bits per heavy atom. The lowest BCUT2D eigenvalue weighted by atomic mass is 9.79. The lowest BCUT2D eigenvalue weighted by Crippen LogP contribution is -2.28. The Balaban J connectivity index is 2.70. The summed E-state index contributed by atoms with van der Waals surface area (Å²) in [6.07, 6.45) is 0. The average molecular weight is 547 g/mol. The van der Waals surface area contributed by atoms with Crippen LogP contribution < -0.4 is 0 Å². The van der Waals surface area contributed by atoms with E-state index in [0.29, 0.717) is 0 Å². The van der Waals surface area contributed by atoms with Gasteiger partial charge in [0.25, 0.3) is 0 Å². The maximum Gasteiger partial charge on any atom is 0.330 e. The first-order chi connectivity index (χ1) is 16.4. The number of carbonyl (C=O) groups is 1. The molecule has 0 atom stereocenters. The minimum Gasteiger partial charge on any atom is -0.507 e. The molecule has 0 fully saturated rings. The lowest BCUT2D eigenvalue weighted by molar-refractivity contribution is -0.136. The largest absolute Gasteiger partial charge is 0.507 e. The van der Waals surface area contributed by atoms with Gasteiger partial charge in [-0.1, -0.05) is 107 Å². The summed E-state index contributed by atoms with van der Waals surface area (Å²) in [5, 5.41) is 32.7. The Morgan fingerprint density at radius 1 is 0.541 bits per heavy atom. The average Bonchev–Trinajstić information content (AvgIpc) is 2.66. The van der Waals surface area contributed by atoms with Gasteiger partial charge >= 0.3 is 5.97 Å². The van der Waals surface area contributed by atoms with E-state index >= 15 is 0 Å². The summed E-state index contributed by atoms with van der Waals surface area (Å²) in [5.41, 5.74) is 1.96. The van der Waals surface area contributed by atoms with Crippen LogP contribution in [0.15, 0.2) is 34.1 Å². The van der Waals surface area contributed by atoms with Gasteiger partial charge in [0.15, 0.2) is 4.08 Å². The van der Waals surface area contributed by atoms with Crippen LogP contribution in [0.1, 0.15) is 112 Å². The van der Waals surface area contributed by atoms with E-state index in [1.165, 1.54) is 23.5 Å². The Labute approximate surface area is 232 Å². The zero-order valence-electron chi connectivity index (χ0n) is 24.9. The first kappa shape index (κ1) is 31.4. The van der Waals surface area contributed by atoms with Gasteiger partial charge in [-0.15, -0.1) is 0 Å². The number of rotatable bonds is 5. The summed E-state index contributed by atoms with van der Waals surface area (Å²) in [7, 11) is 0. The molecule has 0 saturated heterocycles. The second kappa shape index (κ2) is 10.1. The molecule has 2 aromatic carbocycles. The van der Waals surface area contributed by atoms with Crippen molar-refractivity contribution in [2.24, 2.45) is 0 Å². The van der Waals surface area contributed by atoms with E-state index in [1.54, 1.807) is 6.92 Å². The number of aromatic hydroxyl groups is 2. The van der Waals surface area contributed by atoms with Gasteiger partial charge in [0.05, 0.1) is 0 Å². The van der Waals surface area contributed by atoms with Gasteiger partial charge < -0.3 is 15.3 Å². The van der Waals surface area contributed by atoms with Crippen molar-refractivity contribution < 1.29 is 20.1 Å². The summed E-state index contributed by atoms with van der Waals surface area (Å²) in [6, 6.07) is 7.70. The summed E-state index contributed by atoms with van der Waals surface area (Å²) in [6.45, 7) is 26.3. The fraction of sp³-hybridized carbons (Fsp3) is 0.581. The monoisotopic (exact) mass is 546 g/mol. The number of carboxylic acid groups (broad SMARTS) is 1. The van der Waals surface area contributed by atoms with Gasteiger partial charge in [-0.25, -0.2) is 4.79 Å². The molecule has 0 unspecified atom stereocenters. The molecule has 0 aliphatic carbocycles. The van der Waals surface area contributed by atoms with Crippen LogP contribution in [0.4, 0.5) is 0 Å². The standard InChI is InChI=1S/C31H46O4S2/c1-27(2,3)20-14-18(15-21(24(20)32)28(4,5)6)36-31(13,26(34)35)37-19-16-22(29(7,8)9)25(33)23(17-19)30(10,11)12/h14-17,32-33H,1-13H3,(H,34,35). The Morgan fingerprint density at radius 3 is 0.919 bits per heavy atom. The van der Waals surface area contributed by atoms with Crippen LogP contribution in [-0.2, 0) is 26.5 Å². The molecule has 2 aromatic rings. The molecule has 3 N–H and O–H groups in total. The van der Waals surface area contributed by atoms with Crippen LogP contribution >= 0.6 is 23.5 Å². The number of hydrogen-bond donors (Lipinski definition) is 3. The molecule has 0 bridgehead atoms. The normalized spacial score (nSPS) is 13.6. The van der Waals surface area contributed by atoms with E-state index in [2.05, 4.69) is 0 Å². The molecule has 206 valence electrons. The molecule has 6 heteroatoms. The Hall–Kier alpha value is -1.79. The SMILES string of the molecule is CC(Sc1cc(C(C)(C)C)c(O)c(C(C)(C)C)c1)(Sc1cc(C(C)(C)C)c(O)c(C(C)(C)C)c1)C(=O)O. The van der Waals surface area contributed by atoms with Crippen molar-refractivity contribution in [2.75, 3.05) is 0 Å². The molecule has 4 nitrogen and oxygen atoms in total. The topological polar surface area (TPSA) is 77.8 Å². The highest BCUT2D eigenvalue weighted by Gasteiger charge is 2.38. The summed E-state index contributed by atoms with van der Waals surface area (Å²) < 4.78 is -1.25. The minimum atomic E-state index is -1.25. The van der Waals surface area contributed by atoms with Crippen LogP contribution in [0.2, 0.25) is 0 Å². The van der Waals surface area contributed by atoms with Crippen molar-refractivity contribution in [1.82, 2.24) is 0 Å². The molecule has 37 heavy (non-hydrogen) atoms. The fourth-order valence-corrected chi connectivity index (χ4v) is 6.70. The van der Waals surface area contributed by atoms with E-state index in [9.17, 15) is 20.1 Å². The molecule has 0 amide bonds. The highest BCUT2D eigenvalue weighted by molar-refractivity contribution is 8.19. The smallest absolute Gasteiger partial charge is 0.330 e. The quantitative estimate of drug-likeness (QED) is 0.257. The number of carboxylic acids is 1. The second-order valence-corrected chi connectivity index (χ2v) is 17.4. The van der Waals surface area contributed by atoms with Crippen molar-refractivity contribution in [2.45, 2.75) is 126 Å². The van der Waals surface area contributed by atoms with Crippen molar-refractivity contribution in [3.05, 3.63) is 46.5 Å². The maximum absolute atomic E-state index is 12.8. The number of hydrogen-bond acceptors (Lipinski definition) is 5. The van der Waals surface area contributed by atoms with Crippen LogP contribution in [0.25, 0.3) is 0 Å². The fourth-order valence-electron chi connectivity index (χ4n) is 4.18. The van der Waals surface area contributed by atoms with E-state index in [0.717, 1.165) is 32.0 Å². The van der Waals surface area contributed by atoms with Gasteiger partial charge in [-0.2, -0.15) is 0 Å². The van der Waals surface area contributed by atoms with Crippen LogP contribution in [0, 0.1) is 0 Å². The number of thioether (sulfide) groups is 2. The maximum atomic E-state index is 12.8. The minimum absolute atomic E-state index is 0.275. The predicted octanol–water partition coefficient (Wildman–Crippen LogP) is 8.97. The summed E-state index contributed by atoms with van der Waals surface area (Å²) in [5.74, 6) is -0.387. The highest BCUT2D eigenvalue weighted by atomic mass is 32.2. The van der Waals surface area contributed by atoms with E-state index in [4.69, 9.17) is 0 Å². The third kappa shape index (κ3) is 7.20. The number of aliphatic carboxylic acids is 1. The Kier molecular flexibility index (Phi) is 8.55. The molecule has 0 aromatic heterocycles. The van der Waals surface area contributed by atoms with Crippen molar-refractivity contribution in [1.29, 1.82) is 0 Å². The van der Waals surface area contributed by atoms with E-state index < -0.39 is 10.0 Å². The van der Waals surface area contributed by atoms with E-state index in [1.807, 2.05) is 107 Å². The van der Waals surface area contributed by atoms with Gasteiger partial charge in [0.1, 0.15) is 11.5 Å². The Bertz CT molecular complexity index is 1020. The van der Waals surface area contributed by atoms with E-state index in [-0.39, 0.29) is 33.2 Å². The molecular weight excluding hydrogens is 500 g/mol. The van der Waals surface area contributed by atoms with Gasteiger partial charge in [-0.05, 0) is 52.8 Å². The van der Waals surface area contributed by atoms with Crippen LogP contribution in [0.3, 0.4) is 0 Å². The molecule has 0 radical (unpaired) electrons. The summed E-state index contributed by atoms with van der Waals surface area (Å²) in [4.78, 5) is 14.4. The van der Waals surface area contributed by atoms with Gasteiger partial charge in [0.2, 0.25) is 0 Å². The number of phenols is 2. The highest BCUT2D eigenvalue weighted by Crippen LogP contribution is 2.51. The van der Waals surface area contributed by atoms with Crippen LogP contribution in [-0.4, -0.2) is 25.4 Å². The molecule has 0 heterocycles. The lowest BCUT2D eigenvalue weighted by Gasteiger charge is -2.31. The summed E-state index contributed by atoms with van der Waals surface area (Å²) >= 11 is 2.57. The number of phenolic OH excluding ortho intramolecular Hbond substituents is 2. The third-order valence-electron chi connectivity index (χ3n) is 6.41. The third-order valence-corrected chi connectivity index (χ3v) is 8.98. The first-order valence-corrected chi connectivity index (χ1v) is 14.4. The van der Waals surface area contributed by atoms with Gasteiger partial charge in [0, 0.05) is 32.0 Å². The van der Waals surface area contributed by atoms with Crippen molar-refractivity contribution in [3.63, 3.8) is 0 Å². The zero-order valence-corrected chi connectivity index (χ0v) is 26.5. The second-order valence-electron chi connectivity index (χ2n) is 14.2. The van der Waals surface area contributed by atoms with Gasteiger partial charge in [-0.3, -0.25) is 0 Å². The predicted molar refractivity (Wildman–Crippen MR) is 159 cm³/mol. The molecule has 0 spiro atoms. The molecule has 2 rings (SSSR count). The van der Waals surface area contributed by atoms with Crippen LogP contribution in [0.5, 0.6) is 11.5 Å². The zero-order chi connectivity index (χ0) is 28.9. The molecular formula is C31H46O4S2. The first-order valence-electron chi connectivity index (χ1n) is 12.8.